The van der Waals surface area contributed by atoms with E-state index < -0.39 is 18.1 Å². The summed E-state index contributed by atoms with van der Waals surface area (Å²) >= 11 is 0. The molecule has 0 saturated heterocycles. The topological polar surface area (TPSA) is 103 Å². The van der Waals surface area contributed by atoms with Gasteiger partial charge in [0, 0.05) is 7.05 Å². The van der Waals surface area contributed by atoms with E-state index in [0.29, 0.717) is 5.76 Å². The molecule has 1 aromatic rings. The number of aliphatic hydroxyl groups excluding tert-OH is 1. The van der Waals surface area contributed by atoms with Crippen LogP contribution < -0.4 is 5.32 Å². The molecule has 1 aromatic heterocycles. The second-order valence-electron chi connectivity index (χ2n) is 3.91. The highest BCUT2D eigenvalue weighted by molar-refractivity contribution is 5.76. The van der Waals surface area contributed by atoms with Crippen LogP contribution in [0.2, 0.25) is 0 Å². The minimum absolute atomic E-state index is 0.267. The van der Waals surface area contributed by atoms with Crippen LogP contribution in [-0.2, 0) is 11.3 Å². The van der Waals surface area contributed by atoms with Gasteiger partial charge in [0.1, 0.15) is 11.5 Å². The van der Waals surface area contributed by atoms with E-state index in [0.717, 1.165) is 5.76 Å². The molecule has 100 valence electrons. The molecule has 1 atom stereocenters. The summed E-state index contributed by atoms with van der Waals surface area (Å²) in [6, 6.07) is 3.06. The number of nitrogens with zero attached hydrogens (tertiary/aromatic N) is 1. The number of hydrogen-bond acceptors (Lipinski definition) is 4. The second-order valence-corrected chi connectivity index (χ2v) is 3.91. The van der Waals surface area contributed by atoms with E-state index in [4.69, 9.17) is 14.6 Å². The molecule has 0 aliphatic carbocycles. The number of aliphatic hydroxyl groups is 1. The van der Waals surface area contributed by atoms with Gasteiger partial charge >= 0.3 is 12.0 Å². The first kappa shape index (κ1) is 14.0. The van der Waals surface area contributed by atoms with Gasteiger partial charge in [-0.3, -0.25) is 0 Å². The van der Waals surface area contributed by atoms with Crippen molar-refractivity contribution in [3.05, 3.63) is 23.7 Å². The van der Waals surface area contributed by atoms with Crippen molar-refractivity contribution in [1.29, 1.82) is 0 Å². The van der Waals surface area contributed by atoms with Crippen LogP contribution >= 0.6 is 0 Å². The predicted octanol–water partition coefficient (Wildman–Crippen LogP) is 0.175. The Balaban J connectivity index is 2.39. The fourth-order valence-corrected chi connectivity index (χ4v) is 1.28. The Morgan fingerprint density at radius 2 is 2.17 bits per heavy atom. The Kier molecular flexibility index (Phi) is 4.73. The molecule has 0 aliphatic heterocycles. The molecule has 1 heterocycles. The number of furan rings is 1. The Bertz CT molecular complexity index is 429. The number of aliphatic carboxylic acids is 1. The van der Waals surface area contributed by atoms with Gasteiger partial charge in [-0.1, -0.05) is 0 Å². The summed E-state index contributed by atoms with van der Waals surface area (Å²) in [5.74, 6) is 0.00338. The molecule has 0 aliphatic rings. The maximum absolute atomic E-state index is 11.6. The zero-order valence-corrected chi connectivity index (χ0v) is 10.2. The van der Waals surface area contributed by atoms with E-state index in [1.807, 2.05) is 0 Å². The lowest BCUT2D eigenvalue weighted by Gasteiger charge is -2.17. The quantitative estimate of drug-likeness (QED) is 0.697. The monoisotopic (exact) mass is 256 g/mol. The fraction of sp³-hybridized carbons (Fsp3) is 0.455. The number of urea groups is 1. The zero-order chi connectivity index (χ0) is 13.7. The van der Waals surface area contributed by atoms with Crippen molar-refractivity contribution in [2.75, 3.05) is 13.6 Å². The van der Waals surface area contributed by atoms with Gasteiger partial charge in [-0.2, -0.15) is 0 Å². The molecule has 18 heavy (non-hydrogen) atoms. The number of carbonyl (C=O) groups excluding carboxylic acids is 1. The van der Waals surface area contributed by atoms with Gasteiger partial charge in [0.2, 0.25) is 0 Å². The zero-order valence-electron chi connectivity index (χ0n) is 10.2. The van der Waals surface area contributed by atoms with Crippen LogP contribution in [0.15, 0.2) is 16.5 Å². The van der Waals surface area contributed by atoms with E-state index in [1.165, 1.54) is 4.90 Å². The van der Waals surface area contributed by atoms with Crippen molar-refractivity contribution in [2.45, 2.75) is 19.6 Å². The van der Waals surface area contributed by atoms with Crippen LogP contribution in [0.1, 0.15) is 11.5 Å². The molecular formula is C11H16N2O5. The number of carbonyl (C=O) groups is 2. The molecule has 0 saturated carbocycles. The summed E-state index contributed by atoms with van der Waals surface area (Å²) in [5.41, 5.74) is 0. The molecule has 2 amide bonds. The minimum Gasteiger partial charge on any atom is -0.479 e. The van der Waals surface area contributed by atoms with Crippen molar-refractivity contribution in [1.82, 2.24) is 10.2 Å². The van der Waals surface area contributed by atoms with E-state index in [1.54, 1.807) is 26.1 Å². The molecule has 0 radical (unpaired) electrons. The van der Waals surface area contributed by atoms with Gasteiger partial charge in [0.05, 0.1) is 13.1 Å². The molecule has 0 fully saturated rings. The first-order valence-electron chi connectivity index (χ1n) is 5.35. The maximum atomic E-state index is 11.6. The average molecular weight is 256 g/mol. The van der Waals surface area contributed by atoms with Crippen LogP contribution in [0.5, 0.6) is 0 Å². The Morgan fingerprint density at radius 1 is 1.50 bits per heavy atom. The fourth-order valence-electron chi connectivity index (χ4n) is 1.28. The number of rotatable bonds is 5. The van der Waals surface area contributed by atoms with Gasteiger partial charge in [0.15, 0.2) is 6.10 Å². The van der Waals surface area contributed by atoms with E-state index >= 15 is 0 Å². The van der Waals surface area contributed by atoms with Gasteiger partial charge in [-0.15, -0.1) is 0 Å². The summed E-state index contributed by atoms with van der Waals surface area (Å²) in [6.07, 6.45) is -1.60. The van der Waals surface area contributed by atoms with E-state index in [9.17, 15) is 9.59 Å². The highest BCUT2D eigenvalue weighted by atomic mass is 16.4. The number of aryl methyl sites for hydroxylation is 1. The third-order valence-electron chi connectivity index (χ3n) is 2.27. The van der Waals surface area contributed by atoms with Gasteiger partial charge in [-0.25, -0.2) is 9.59 Å². The molecule has 0 aromatic carbocycles. The summed E-state index contributed by atoms with van der Waals surface area (Å²) in [6.45, 7) is 1.73. The molecule has 1 rings (SSSR count). The lowest BCUT2D eigenvalue weighted by molar-refractivity contribution is -0.146. The first-order chi connectivity index (χ1) is 8.40. The molecule has 0 bridgehead atoms. The van der Waals surface area contributed by atoms with E-state index in [2.05, 4.69) is 5.32 Å². The number of nitrogens with one attached hydrogen (secondary N) is 1. The van der Waals surface area contributed by atoms with Gasteiger partial charge < -0.3 is 24.8 Å². The number of carboxylic acids is 1. The summed E-state index contributed by atoms with van der Waals surface area (Å²) < 4.78 is 5.30. The lowest BCUT2D eigenvalue weighted by Crippen LogP contribution is -2.42. The highest BCUT2D eigenvalue weighted by Gasteiger charge is 2.16. The minimum atomic E-state index is -1.60. The molecular weight excluding hydrogens is 240 g/mol. The average Bonchev–Trinajstić information content (AvgIpc) is 2.70. The molecule has 3 N–H and O–H groups in total. The van der Waals surface area contributed by atoms with E-state index in [-0.39, 0.29) is 13.1 Å². The second kappa shape index (κ2) is 6.06. The maximum Gasteiger partial charge on any atom is 0.334 e. The SMILES string of the molecule is Cc1ccc(CN(C)C(=O)NCC(O)C(=O)O)o1. The van der Waals surface area contributed by atoms with Crippen molar-refractivity contribution in [3.63, 3.8) is 0 Å². The smallest absolute Gasteiger partial charge is 0.334 e. The Labute approximate surface area is 104 Å². The van der Waals surface area contributed by atoms with Crippen LogP contribution in [0.25, 0.3) is 0 Å². The summed E-state index contributed by atoms with van der Waals surface area (Å²) in [7, 11) is 1.54. The van der Waals surface area contributed by atoms with Crippen molar-refractivity contribution < 1.29 is 24.2 Å². The molecule has 7 heteroatoms. The Morgan fingerprint density at radius 3 is 2.67 bits per heavy atom. The summed E-state index contributed by atoms with van der Waals surface area (Å²) in [5, 5.41) is 19.7. The number of hydrogen-bond donors (Lipinski definition) is 3. The standard InChI is InChI=1S/C11H16N2O5/c1-7-3-4-8(18-7)6-13(2)11(17)12-5-9(14)10(15)16/h3-4,9,14H,5-6H2,1-2H3,(H,12,17)(H,15,16). The predicted molar refractivity (Wildman–Crippen MR) is 62.0 cm³/mol. The van der Waals surface area contributed by atoms with Crippen LogP contribution in [0, 0.1) is 6.92 Å². The number of amides is 2. The van der Waals surface area contributed by atoms with Crippen molar-refractivity contribution in [2.24, 2.45) is 0 Å². The third kappa shape index (κ3) is 4.10. The molecule has 0 spiro atoms. The molecule has 7 nitrogen and oxygen atoms in total. The normalized spacial score (nSPS) is 11.9. The molecule has 1 unspecified atom stereocenters. The highest BCUT2D eigenvalue weighted by Crippen LogP contribution is 2.08. The van der Waals surface area contributed by atoms with Crippen molar-refractivity contribution >= 4 is 12.0 Å². The van der Waals surface area contributed by atoms with Crippen molar-refractivity contribution in [3.8, 4) is 0 Å². The van der Waals surface area contributed by atoms with Crippen LogP contribution in [0.3, 0.4) is 0 Å². The van der Waals surface area contributed by atoms with Crippen LogP contribution in [0.4, 0.5) is 4.79 Å². The summed E-state index contributed by atoms with van der Waals surface area (Å²) in [4.78, 5) is 23.2. The largest absolute Gasteiger partial charge is 0.479 e. The van der Waals surface area contributed by atoms with Gasteiger partial charge in [-0.05, 0) is 19.1 Å². The van der Waals surface area contributed by atoms with Crippen LogP contribution in [-0.4, -0.2) is 46.8 Å². The van der Waals surface area contributed by atoms with Gasteiger partial charge in [0.25, 0.3) is 0 Å². The number of carboxylic acid groups (broad SMARTS) is 1. The Hall–Kier alpha value is -2.02. The lowest BCUT2D eigenvalue weighted by atomic mass is 10.3. The third-order valence-corrected chi connectivity index (χ3v) is 2.27. The first-order valence-corrected chi connectivity index (χ1v) is 5.35.